The van der Waals surface area contributed by atoms with Crippen LogP contribution >= 0.6 is 0 Å². The van der Waals surface area contributed by atoms with Gasteiger partial charge in [0.15, 0.2) is 0 Å². The van der Waals surface area contributed by atoms with Crippen LogP contribution in [0.25, 0.3) is 0 Å². The number of aliphatic hydroxyl groups is 1. The highest BCUT2D eigenvalue weighted by molar-refractivity contribution is 5.49. The van der Waals surface area contributed by atoms with Crippen LogP contribution in [0.3, 0.4) is 0 Å². The van der Waals surface area contributed by atoms with Crippen molar-refractivity contribution in [2.75, 3.05) is 23.4 Å². The number of nitrogens with one attached hydrogen (secondary N) is 1. The minimum Gasteiger partial charge on any atom is -0.393 e. The fraction of sp³-hybridized carbons (Fsp3) is 0.733. The second-order valence-electron chi connectivity index (χ2n) is 6.89. The highest BCUT2D eigenvalue weighted by Gasteiger charge is 2.25. The molecule has 4 N–H and O–H groups in total. The first-order valence-electron chi connectivity index (χ1n) is 7.60. The maximum Gasteiger partial charge on any atom is 0.145 e. The van der Waals surface area contributed by atoms with E-state index in [0.717, 1.165) is 37.6 Å². The van der Waals surface area contributed by atoms with E-state index in [-0.39, 0.29) is 11.5 Å². The lowest BCUT2D eigenvalue weighted by Gasteiger charge is -2.34. The summed E-state index contributed by atoms with van der Waals surface area (Å²) in [6.45, 7) is 9.95. The van der Waals surface area contributed by atoms with E-state index < -0.39 is 0 Å². The third-order valence-electron chi connectivity index (χ3n) is 4.08. The summed E-state index contributed by atoms with van der Waals surface area (Å²) < 4.78 is 0. The van der Waals surface area contributed by atoms with E-state index in [4.69, 9.17) is 10.8 Å². The molecule has 2 heterocycles. The molecule has 0 saturated carbocycles. The summed E-state index contributed by atoms with van der Waals surface area (Å²) in [6, 6.07) is 1.89. The van der Waals surface area contributed by atoms with Gasteiger partial charge in [-0.1, -0.05) is 20.8 Å². The van der Waals surface area contributed by atoms with Crippen molar-refractivity contribution in [2.24, 2.45) is 11.8 Å². The van der Waals surface area contributed by atoms with Crippen molar-refractivity contribution in [1.29, 1.82) is 0 Å². The molecule has 0 spiro atoms. The molecule has 1 aliphatic rings. The van der Waals surface area contributed by atoms with Crippen molar-refractivity contribution >= 4 is 11.6 Å². The first kappa shape index (κ1) is 16.0. The lowest BCUT2D eigenvalue weighted by Crippen LogP contribution is -2.38. The minimum atomic E-state index is -0.232. The van der Waals surface area contributed by atoms with Crippen LogP contribution in [0, 0.1) is 5.92 Å². The average molecular weight is 293 g/mol. The summed E-state index contributed by atoms with van der Waals surface area (Å²) in [5, 5.41) is 9.70. The number of nitrogens with two attached hydrogens (primary N) is 1. The average Bonchev–Trinajstić information content (AvgIpc) is 2.46. The lowest BCUT2D eigenvalue weighted by molar-refractivity contribution is 0.110. The monoisotopic (exact) mass is 293 g/mol. The fourth-order valence-corrected chi connectivity index (χ4v) is 2.62. The molecule has 1 fully saturated rings. The predicted molar refractivity (Wildman–Crippen MR) is 85.2 cm³/mol. The molecule has 1 aromatic heterocycles. The van der Waals surface area contributed by atoms with E-state index in [1.54, 1.807) is 0 Å². The maximum atomic E-state index is 9.70. The molecular weight excluding hydrogens is 266 g/mol. The van der Waals surface area contributed by atoms with Crippen LogP contribution in [-0.2, 0) is 5.41 Å². The number of hydrazine groups is 1. The van der Waals surface area contributed by atoms with Gasteiger partial charge in [-0.3, -0.25) is 0 Å². The van der Waals surface area contributed by atoms with Gasteiger partial charge in [-0.25, -0.2) is 15.8 Å². The van der Waals surface area contributed by atoms with Crippen LogP contribution in [0.5, 0.6) is 0 Å². The molecule has 1 aromatic rings. The van der Waals surface area contributed by atoms with Gasteiger partial charge in [0, 0.05) is 24.6 Å². The largest absolute Gasteiger partial charge is 0.393 e. The van der Waals surface area contributed by atoms with Gasteiger partial charge in [0.05, 0.1) is 6.10 Å². The van der Waals surface area contributed by atoms with Crippen LogP contribution in [0.15, 0.2) is 6.07 Å². The number of nitrogen functional groups attached to an aromatic ring is 1. The number of hydrogen-bond acceptors (Lipinski definition) is 6. The third kappa shape index (κ3) is 3.83. The Kier molecular flexibility index (Phi) is 4.68. The Bertz CT molecular complexity index is 475. The van der Waals surface area contributed by atoms with E-state index in [1.165, 1.54) is 0 Å². The summed E-state index contributed by atoms with van der Waals surface area (Å²) in [7, 11) is 0. The number of nitrogens with zero attached hydrogens (tertiary/aromatic N) is 3. The van der Waals surface area contributed by atoms with Crippen molar-refractivity contribution in [3.05, 3.63) is 11.9 Å². The number of aromatic nitrogens is 2. The molecule has 0 aliphatic carbocycles. The molecule has 1 aliphatic heterocycles. The molecule has 118 valence electrons. The van der Waals surface area contributed by atoms with Gasteiger partial charge in [-0.15, -0.1) is 0 Å². The molecule has 1 atom stereocenters. The van der Waals surface area contributed by atoms with Crippen LogP contribution in [0.2, 0.25) is 0 Å². The van der Waals surface area contributed by atoms with Gasteiger partial charge in [0.25, 0.3) is 0 Å². The van der Waals surface area contributed by atoms with Crippen molar-refractivity contribution in [2.45, 2.75) is 52.1 Å². The van der Waals surface area contributed by atoms with E-state index >= 15 is 0 Å². The first-order chi connectivity index (χ1) is 9.81. The highest BCUT2D eigenvalue weighted by atomic mass is 16.3. The standard InChI is InChI=1S/C15H27N5O/c1-10(21)11-5-7-20(8-6-11)13-9-12(19-16)17-14(18-13)15(2,3)4/h9-11,21H,5-8,16H2,1-4H3,(H,17,18,19). The summed E-state index contributed by atoms with van der Waals surface area (Å²) in [4.78, 5) is 11.4. The summed E-state index contributed by atoms with van der Waals surface area (Å²) in [6.07, 6.45) is 1.74. The van der Waals surface area contributed by atoms with Crippen molar-refractivity contribution in [1.82, 2.24) is 9.97 Å². The minimum absolute atomic E-state index is 0.125. The second kappa shape index (κ2) is 6.15. The van der Waals surface area contributed by atoms with Gasteiger partial charge in [-0.2, -0.15) is 0 Å². The molecule has 0 radical (unpaired) electrons. The zero-order chi connectivity index (χ0) is 15.6. The molecular formula is C15H27N5O. The molecule has 0 aromatic carbocycles. The molecule has 6 nitrogen and oxygen atoms in total. The predicted octanol–water partition coefficient (Wildman–Crippen LogP) is 1.66. The van der Waals surface area contributed by atoms with Crippen molar-refractivity contribution < 1.29 is 5.11 Å². The Balaban J connectivity index is 2.20. The fourth-order valence-electron chi connectivity index (χ4n) is 2.62. The van der Waals surface area contributed by atoms with E-state index in [1.807, 2.05) is 13.0 Å². The van der Waals surface area contributed by atoms with Crippen LogP contribution in [0.1, 0.15) is 46.4 Å². The van der Waals surface area contributed by atoms with Gasteiger partial charge >= 0.3 is 0 Å². The van der Waals surface area contributed by atoms with E-state index in [0.29, 0.717) is 11.7 Å². The smallest absolute Gasteiger partial charge is 0.145 e. The lowest BCUT2D eigenvalue weighted by atomic mass is 9.92. The van der Waals surface area contributed by atoms with Gasteiger partial charge in [-0.05, 0) is 25.7 Å². The third-order valence-corrected chi connectivity index (χ3v) is 4.08. The van der Waals surface area contributed by atoms with E-state index in [2.05, 4.69) is 36.1 Å². The topological polar surface area (TPSA) is 87.3 Å². The van der Waals surface area contributed by atoms with Gasteiger partial charge in [0.2, 0.25) is 0 Å². The molecule has 1 saturated heterocycles. The highest BCUT2D eigenvalue weighted by Crippen LogP contribution is 2.27. The maximum absolute atomic E-state index is 9.70. The number of aliphatic hydroxyl groups excluding tert-OH is 1. The van der Waals surface area contributed by atoms with Gasteiger partial charge in [0.1, 0.15) is 17.5 Å². The summed E-state index contributed by atoms with van der Waals surface area (Å²) in [5.41, 5.74) is 2.50. The Morgan fingerprint density at radius 3 is 2.43 bits per heavy atom. The molecule has 1 unspecified atom stereocenters. The number of hydrogen-bond donors (Lipinski definition) is 3. The number of piperidine rings is 1. The zero-order valence-electron chi connectivity index (χ0n) is 13.4. The van der Waals surface area contributed by atoms with Crippen molar-refractivity contribution in [3.63, 3.8) is 0 Å². The number of anilines is 2. The molecule has 21 heavy (non-hydrogen) atoms. The van der Waals surface area contributed by atoms with E-state index in [9.17, 15) is 5.11 Å². The first-order valence-corrected chi connectivity index (χ1v) is 7.60. The summed E-state index contributed by atoms with van der Waals surface area (Å²) in [5.74, 6) is 8.25. The Morgan fingerprint density at radius 2 is 1.95 bits per heavy atom. The molecule has 0 amide bonds. The Labute approximate surface area is 126 Å². The van der Waals surface area contributed by atoms with Crippen LogP contribution < -0.4 is 16.2 Å². The SMILES string of the molecule is CC(O)C1CCN(c2cc(NN)nc(C(C)(C)C)n2)CC1. The summed E-state index contributed by atoms with van der Waals surface area (Å²) >= 11 is 0. The zero-order valence-corrected chi connectivity index (χ0v) is 13.4. The Hall–Kier alpha value is -1.40. The van der Waals surface area contributed by atoms with Crippen LogP contribution in [0.4, 0.5) is 11.6 Å². The quantitative estimate of drug-likeness (QED) is 0.580. The molecule has 6 heteroatoms. The Morgan fingerprint density at radius 1 is 1.33 bits per heavy atom. The molecule has 2 rings (SSSR count). The van der Waals surface area contributed by atoms with Crippen LogP contribution in [-0.4, -0.2) is 34.3 Å². The van der Waals surface area contributed by atoms with Gasteiger partial charge < -0.3 is 15.4 Å². The normalized spacial score (nSPS) is 18.7. The second-order valence-corrected chi connectivity index (χ2v) is 6.89. The number of rotatable bonds is 3. The molecule has 0 bridgehead atoms. The van der Waals surface area contributed by atoms with Crippen molar-refractivity contribution in [3.8, 4) is 0 Å².